The highest BCUT2D eigenvalue weighted by Gasteiger charge is 2.25. The lowest BCUT2D eigenvalue weighted by molar-refractivity contribution is 0.0261. The van der Waals surface area contributed by atoms with E-state index in [-0.39, 0.29) is 0 Å². The van der Waals surface area contributed by atoms with Gasteiger partial charge in [0.05, 0.1) is 12.2 Å². The lowest BCUT2D eigenvalue weighted by Gasteiger charge is -2.33. The van der Waals surface area contributed by atoms with Crippen molar-refractivity contribution < 1.29 is 4.74 Å². The molecule has 0 aromatic carbocycles. The molecule has 0 saturated carbocycles. The largest absolute Gasteiger partial charge is 0.374 e. The highest BCUT2D eigenvalue weighted by molar-refractivity contribution is 4.80. The maximum absolute atomic E-state index is 5.84. The first-order valence-electron chi connectivity index (χ1n) is 5.85. The van der Waals surface area contributed by atoms with Gasteiger partial charge in [0.1, 0.15) is 0 Å². The Labute approximate surface area is 86.8 Å². The highest BCUT2D eigenvalue weighted by atomic mass is 16.5. The Morgan fingerprint density at radius 2 is 2.21 bits per heavy atom. The number of hydrogen-bond acceptors (Lipinski definition) is 3. The third-order valence-corrected chi connectivity index (χ3v) is 3.23. The molecule has 0 radical (unpaired) electrons. The van der Waals surface area contributed by atoms with E-state index < -0.39 is 0 Å². The summed E-state index contributed by atoms with van der Waals surface area (Å²) >= 11 is 0. The zero-order valence-corrected chi connectivity index (χ0v) is 9.33. The van der Waals surface area contributed by atoms with Gasteiger partial charge in [0.15, 0.2) is 0 Å². The Bertz CT molecular complexity index is 186. The maximum Gasteiger partial charge on any atom is 0.0706 e. The molecule has 0 aliphatic carbocycles. The van der Waals surface area contributed by atoms with E-state index >= 15 is 0 Å². The van der Waals surface area contributed by atoms with Crippen LogP contribution in [0.4, 0.5) is 0 Å². The van der Waals surface area contributed by atoms with Crippen molar-refractivity contribution in [3.05, 3.63) is 0 Å². The lowest BCUT2D eigenvalue weighted by atomic mass is 10.1. The van der Waals surface area contributed by atoms with Crippen LogP contribution in [0.3, 0.4) is 0 Å². The highest BCUT2D eigenvalue weighted by Crippen LogP contribution is 2.20. The van der Waals surface area contributed by atoms with Crippen molar-refractivity contribution >= 4 is 0 Å². The lowest BCUT2D eigenvalue weighted by Crippen LogP contribution is -2.51. The molecule has 14 heavy (non-hydrogen) atoms. The minimum atomic E-state index is 0.486. The molecular formula is C11H22N2O. The van der Waals surface area contributed by atoms with E-state index in [0.717, 1.165) is 13.1 Å². The zero-order chi connectivity index (χ0) is 9.97. The van der Waals surface area contributed by atoms with Crippen LogP contribution in [0.15, 0.2) is 0 Å². The van der Waals surface area contributed by atoms with Crippen LogP contribution in [-0.4, -0.2) is 49.3 Å². The van der Waals surface area contributed by atoms with E-state index in [1.165, 1.54) is 25.9 Å². The quantitative estimate of drug-likeness (QED) is 0.712. The summed E-state index contributed by atoms with van der Waals surface area (Å²) in [5, 5.41) is 3.46. The fourth-order valence-corrected chi connectivity index (χ4v) is 2.49. The Kier molecular flexibility index (Phi) is 3.42. The second-order valence-electron chi connectivity index (χ2n) is 4.76. The molecule has 82 valence electrons. The van der Waals surface area contributed by atoms with Crippen molar-refractivity contribution in [2.45, 2.75) is 44.9 Å². The van der Waals surface area contributed by atoms with Gasteiger partial charge in [-0.15, -0.1) is 0 Å². The number of piperazine rings is 1. The second-order valence-corrected chi connectivity index (χ2v) is 4.76. The minimum absolute atomic E-state index is 0.486. The van der Waals surface area contributed by atoms with Gasteiger partial charge in [-0.1, -0.05) is 0 Å². The van der Waals surface area contributed by atoms with Crippen molar-refractivity contribution in [2.24, 2.45) is 0 Å². The number of rotatable bonds is 2. The molecule has 0 amide bonds. The van der Waals surface area contributed by atoms with Crippen molar-refractivity contribution in [1.82, 2.24) is 10.2 Å². The molecule has 0 spiro atoms. The molecular weight excluding hydrogens is 176 g/mol. The van der Waals surface area contributed by atoms with Crippen LogP contribution in [0.25, 0.3) is 0 Å². The third-order valence-electron chi connectivity index (χ3n) is 3.23. The van der Waals surface area contributed by atoms with Gasteiger partial charge < -0.3 is 10.1 Å². The Morgan fingerprint density at radius 1 is 1.36 bits per heavy atom. The van der Waals surface area contributed by atoms with E-state index in [0.29, 0.717) is 18.2 Å². The Balaban J connectivity index is 1.74. The molecule has 2 unspecified atom stereocenters. The van der Waals surface area contributed by atoms with Gasteiger partial charge >= 0.3 is 0 Å². The monoisotopic (exact) mass is 198 g/mol. The summed E-state index contributed by atoms with van der Waals surface area (Å²) in [6, 6.07) is 0.641. The van der Waals surface area contributed by atoms with E-state index in [9.17, 15) is 0 Å². The van der Waals surface area contributed by atoms with E-state index in [1.54, 1.807) is 0 Å². The van der Waals surface area contributed by atoms with Gasteiger partial charge in [-0.25, -0.2) is 0 Å². The fraction of sp³-hybridized carbons (Fsp3) is 1.00. The SMILES string of the molecule is CC1CCC(CN2CCN[C@H](C)C2)O1. The van der Waals surface area contributed by atoms with Crippen LogP contribution in [0.1, 0.15) is 26.7 Å². The second kappa shape index (κ2) is 4.60. The Hall–Kier alpha value is -0.120. The molecule has 3 nitrogen and oxygen atoms in total. The molecule has 3 atom stereocenters. The summed E-state index contributed by atoms with van der Waals surface area (Å²) in [4.78, 5) is 2.53. The van der Waals surface area contributed by atoms with E-state index in [4.69, 9.17) is 4.74 Å². The number of nitrogens with one attached hydrogen (secondary N) is 1. The molecule has 0 aromatic rings. The third kappa shape index (κ3) is 2.69. The first-order valence-corrected chi connectivity index (χ1v) is 5.85. The Morgan fingerprint density at radius 3 is 2.86 bits per heavy atom. The molecule has 2 aliphatic rings. The van der Waals surface area contributed by atoms with Crippen molar-refractivity contribution in [2.75, 3.05) is 26.2 Å². The van der Waals surface area contributed by atoms with Crippen molar-refractivity contribution in [1.29, 1.82) is 0 Å². The summed E-state index contributed by atoms with van der Waals surface area (Å²) in [6.07, 6.45) is 3.47. The zero-order valence-electron chi connectivity index (χ0n) is 9.33. The predicted molar refractivity (Wildman–Crippen MR) is 57.5 cm³/mol. The molecule has 2 aliphatic heterocycles. The summed E-state index contributed by atoms with van der Waals surface area (Å²) < 4.78 is 5.84. The molecule has 3 heteroatoms. The first-order chi connectivity index (χ1) is 6.74. The number of nitrogens with zero attached hydrogens (tertiary/aromatic N) is 1. The van der Waals surface area contributed by atoms with Crippen LogP contribution in [-0.2, 0) is 4.74 Å². The minimum Gasteiger partial charge on any atom is -0.374 e. The van der Waals surface area contributed by atoms with Gasteiger partial charge in [0, 0.05) is 32.2 Å². The topological polar surface area (TPSA) is 24.5 Å². The average Bonchev–Trinajstić information content (AvgIpc) is 2.51. The van der Waals surface area contributed by atoms with Crippen molar-refractivity contribution in [3.63, 3.8) is 0 Å². The van der Waals surface area contributed by atoms with Crippen LogP contribution in [0, 0.1) is 0 Å². The smallest absolute Gasteiger partial charge is 0.0706 e. The van der Waals surface area contributed by atoms with Gasteiger partial charge in [-0.3, -0.25) is 4.90 Å². The molecule has 2 heterocycles. The van der Waals surface area contributed by atoms with Crippen LogP contribution in [0.5, 0.6) is 0 Å². The molecule has 0 bridgehead atoms. The fourth-order valence-electron chi connectivity index (χ4n) is 2.49. The number of ether oxygens (including phenoxy) is 1. The normalized spacial score (nSPS) is 40.3. The average molecular weight is 198 g/mol. The van der Waals surface area contributed by atoms with Crippen LogP contribution >= 0.6 is 0 Å². The van der Waals surface area contributed by atoms with Gasteiger partial charge in [0.25, 0.3) is 0 Å². The van der Waals surface area contributed by atoms with Crippen LogP contribution in [0.2, 0.25) is 0 Å². The van der Waals surface area contributed by atoms with Crippen molar-refractivity contribution in [3.8, 4) is 0 Å². The summed E-state index contributed by atoms with van der Waals surface area (Å²) in [5.41, 5.74) is 0. The predicted octanol–water partition coefficient (Wildman–Crippen LogP) is 0.848. The molecule has 2 saturated heterocycles. The standard InChI is InChI=1S/C11H22N2O/c1-9-7-13(6-5-12-9)8-11-4-3-10(2)14-11/h9-12H,3-8H2,1-2H3/t9-,10?,11?/m1/s1. The molecule has 2 rings (SSSR count). The van der Waals surface area contributed by atoms with E-state index in [2.05, 4.69) is 24.1 Å². The molecule has 2 fully saturated rings. The van der Waals surface area contributed by atoms with Crippen LogP contribution < -0.4 is 5.32 Å². The van der Waals surface area contributed by atoms with Gasteiger partial charge in [-0.05, 0) is 26.7 Å². The van der Waals surface area contributed by atoms with E-state index in [1.807, 2.05) is 0 Å². The summed E-state index contributed by atoms with van der Waals surface area (Å²) in [6.45, 7) is 9.05. The molecule has 0 aromatic heterocycles. The summed E-state index contributed by atoms with van der Waals surface area (Å²) in [7, 11) is 0. The summed E-state index contributed by atoms with van der Waals surface area (Å²) in [5.74, 6) is 0. The number of hydrogen-bond donors (Lipinski definition) is 1. The maximum atomic E-state index is 5.84. The first kappa shape index (κ1) is 10.4. The van der Waals surface area contributed by atoms with Gasteiger partial charge in [0.2, 0.25) is 0 Å². The van der Waals surface area contributed by atoms with Gasteiger partial charge in [-0.2, -0.15) is 0 Å². The molecule has 1 N–H and O–H groups in total.